The second-order valence-corrected chi connectivity index (χ2v) is 5.83. The smallest absolute Gasteiger partial charge is 0.225 e. The highest BCUT2D eigenvalue weighted by Crippen LogP contribution is 2.46. The summed E-state index contributed by atoms with van der Waals surface area (Å²) in [5.74, 6) is 0.0916. The second-order valence-electron chi connectivity index (χ2n) is 5.83. The maximum absolute atomic E-state index is 11.8. The molecule has 0 radical (unpaired) electrons. The molecule has 2 fully saturated rings. The predicted octanol–water partition coefficient (Wildman–Crippen LogP) is 1.09. The van der Waals surface area contributed by atoms with Crippen molar-refractivity contribution in [1.82, 2.24) is 4.90 Å². The van der Waals surface area contributed by atoms with E-state index in [1.54, 1.807) is 4.90 Å². The van der Waals surface area contributed by atoms with Gasteiger partial charge in [0.1, 0.15) is 6.23 Å². The van der Waals surface area contributed by atoms with E-state index in [9.17, 15) is 9.90 Å². The van der Waals surface area contributed by atoms with Crippen molar-refractivity contribution in [1.29, 1.82) is 0 Å². The summed E-state index contributed by atoms with van der Waals surface area (Å²) < 4.78 is 5.53. The SMILES string of the molecule is CC(C)(C)[C@H]1OC(O)[C@]2(C)CCC(=O)N12. The molecular formula is C11H19NO3. The third-order valence-corrected chi connectivity index (χ3v) is 3.43. The number of ether oxygens (including phenoxy) is 1. The molecule has 4 nitrogen and oxygen atoms in total. The van der Waals surface area contributed by atoms with Crippen molar-refractivity contribution in [3.05, 3.63) is 0 Å². The van der Waals surface area contributed by atoms with Crippen LogP contribution in [0, 0.1) is 5.41 Å². The molecular weight excluding hydrogens is 194 g/mol. The van der Waals surface area contributed by atoms with Crippen molar-refractivity contribution >= 4 is 5.91 Å². The first-order chi connectivity index (χ1) is 6.77. The van der Waals surface area contributed by atoms with E-state index in [1.165, 1.54) is 0 Å². The molecule has 4 heteroatoms. The zero-order valence-electron chi connectivity index (χ0n) is 9.78. The lowest BCUT2D eigenvalue weighted by atomic mass is 9.92. The van der Waals surface area contributed by atoms with E-state index in [-0.39, 0.29) is 17.6 Å². The molecule has 0 aromatic carbocycles. The number of fused-ring (bicyclic) bond motifs is 1. The summed E-state index contributed by atoms with van der Waals surface area (Å²) in [5.41, 5.74) is -0.687. The van der Waals surface area contributed by atoms with Crippen molar-refractivity contribution in [3.8, 4) is 0 Å². The molecule has 2 aliphatic rings. The van der Waals surface area contributed by atoms with Gasteiger partial charge in [-0.2, -0.15) is 0 Å². The maximum atomic E-state index is 11.8. The molecule has 2 rings (SSSR count). The van der Waals surface area contributed by atoms with Crippen LogP contribution in [0.4, 0.5) is 0 Å². The minimum Gasteiger partial charge on any atom is -0.366 e. The monoisotopic (exact) mass is 213 g/mol. The highest BCUT2D eigenvalue weighted by Gasteiger charge is 2.59. The van der Waals surface area contributed by atoms with E-state index in [0.29, 0.717) is 12.8 Å². The normalized spacial score (nSPS) is 41.1. The summed E-state index contributed by atoms with van der Waals surface area (Å²) in [6.45, 7) is 7.94. The topological polar surface area (TPSA) is 49.8 Å². The fraction of sp³-hybridized carbons (Fsp3) is 0.909. The van der Waals surface area contributed by atoms with Gasteiger partial charge >= 0.3 is 0 Å². The van der Waals surface area contributed by atoms with Crippen LogP contribution in [0.5, 0.6) is 0 Å². The van der Waals surface area contributed by atoms with Crippen molar-refractivity contribution in [2.75, 3.05) is 0 Å². The minimum absolute atomic E-state index is 0.0916. The highest BCUT2D eigenvalue weighted by molar-refractivity contribution is 5.80. The Hall–Kier alpha value is -0.610. The number of nitrogens with zero attached hydrogens (tertiary/aromatic N) is 1. The van der Waals surface area contributed by atoms with Gasteiger partial charge in [0.05, 0.1) is 5.54 Å². The molecule has 15 heavy (non-hydrogen) atoms. The lowest BCUT2D eigenvalue weighted by Gasteiger charge is -2.35. The third-order valence-electron chi connectivity index (χ3n) is 3.43. The number of hydrogen-bond acceptors (Lipinski definition) is 3. The van der Waals surface area contributed by atoms with Crippen molar-refractivity contribution in [3.63, 3.8) is 0 Å². The molecule has 2 saturated heterocycles. The molecule has 0 aliphatic carbocycles. The average Bonchev–Trinajstić information content (AvgIpc) is 2.51. The zero-order valence-corrected chi connectivity index (χ0v) is 9.78. The van der Waals surface area contributed by atoms with Gasteiger partial charge in [0.2, 0.25) is 5.91 Å². The molecule has 1 unspecified atom stereocenters. The van der Waals surface area contributed by atoms with Gasteiger partial charge in [-0.15, -0.1) is 0 Å². The Morgan fingerprint density at radius 1 is 1.53 bits per heavy atom. The van der Waals surface area contributed by atoms with Gasteiger partial charge in [-0.05, 0) is 13.3 Å². The number of aliphatic hydroxyl groups is 1. The van der Waals surface area contributed by atoms with Crippen LogP contribution in [0.2, 0.25) is 0 Å². The summed E-state index contributed by atoms with van der Waals surface area (Å²) in [7, 11) is 0. The fourth-order valence-corrected chi connectivity index (χ4v) is 2.45. The van der Waals surface area contributed by atoms with Crippen LogP contribution in [-0.4, -0.2) is 34.0 Å². The zero-order chi connectivity index (χ0) is 11.4. The second kappa shape index (κ2) is 2.95. The van der Waals surface area contributed by atoms with E-state index in [4.69, 9.17) is 4.74 Å². The van der Waals surface area contributed by atoms with Crippen LogP contribution in [0.1, 0.15) is 40.5 Å². The van der Waals surface area contributed by atoms with Gasteiger partial charge in [-0.3, -0.25) is 4.79 Å². The summed E-state index contributed by atoms with van der Waals surface area (Å²) in [6, 6.07) is 0. The van der Waals surface area contributed by atoms with Crippen LogP contribution < -0.4 is 0 Å². The number of hydrogen-bond donors (Lipinski definition) is 1. The molecule has 0 aromatic rings. The van der Waals surface area contributed by atoms with Gasteiger partial charge < -0.3 is 14.7 Å². The standard InChI is InChI=1S/C11H19NO3/c1-10(2,3)8-12-7(13)5-6-11(12,4)9(14)15-8/h8-9,14H,5-6H2,1-4H3/t8-,9?,11+/m1/s1. The van der Waals surface area contributed by atoms with Gasteiger partial charge in [0, 0.05) is 11.8 Å². The Morgan fingerprint density at radius 2 is 2.13 bits per heavy atom. The number of rotatable bonds is 0. The lowest BCUT2D eigenvalue weighted by molar-refractivity contribution is -0.153. The van der Waals surface area contributed by atoms with Crippen molar-refractivity contribution in [2.24, 2.45) is 5.41 Å². The van der Waals surface area contributed by atoms with E-state index in [2.05, 4.69) is 0 Å². The Bertz CT molecular complexity index is 297. The molecule has 1 N–H and O–H groups in total. The molecule has 0 bridgehead atoms. The number of carbonyl (C=O) groups excluding carboxylic acids is 1. The molecule has 3 atom stereocenters. The van der Waals surface area contributed by atoms with Gasteiger partial charge in [-0.25, -0.2) is 0 Å². The third kappa shape index (κ3) is 1.39. The van der Waals surface area contributed by atoms with Gasteiger partial charge in [0.25, 0.3) is 0 Å². The van der Waals surface area contributed by atoms with Gasteiger partial charge in [-0.1, -0.05) is 20.8 Å². The summed E-state index contributed by atoms with van der Waals surface area (Å²) in [5, 5.41) is 9.89. The summed E-state index contributed by atoms with van der Waals surface area (Å²) in [6.07, 6.45) is 0.0315. The summed E-state index contributed by atoms with van der Waals surface area (Å²) >= 11 is 0. The lowest BCUT2D eigenvalue weighted by Crippen LogP contribution is -2.49. The van der Waals surface area contributed by atoms with E-state index in [0.717, 1.165) is 0 Å². The maximum Gasteiger partial charge on any atom is 0.225 e. The number of carbonyl (C=O) groups is 1. The van der Waals surface area contributed by atoms with Crippen LogP contribution >= 0.6 is 0 Å². The van der Waals surface area contributed by atoms with Crippen LogP contribution in [0.15, 0.2) is 0 Å². The highest BCUT2D eigenvalue weighted by atomic mass is 16.6. The van der Waals surface area contributed by atoms with Crippen LogP contribution in [0.25, 0.3) is 0 Å². The number of aliphatic hydroxyl groups excluding tert-OH is 1. The van der Waals surface area contributed by atoms with Crippen molar-refractivity contribution < 1.29 is 14.6 Å². The molecule has 0 aromatic heterocycles. The first-order valence-electron chi connectivity index (χ1n) is 5.42. The largest absolute Gasteiger partial charge is 0.366 e. The molecule has 2 heterocycles. The number of amides is 1. The first kappa shape index (κ1) is 10.9. The Balaban J connectivity index is 2.36. The molecule has 0 saturated carbocycles. The molecule has 0 spiro atoms. The molecule has 2 aliphatic heterocycles. The Morgan fingerprint density at radius 3 is 2.67 bits per heavy atom. The Labute approximate surface area is 90.2 Å². The average molecular weight is 213 g/mol. The van der Waals surface area contributed by atoms with Crippen LogP contribution in [0.3, 0.4) is 0 Å². The quantitative estimate of drug-likeness (QED) is 0.655. The van der Waals surface area contributed by atoms with Crippen LogP contribution in [-0.2, 0) is 9.53 Å². The van der Waals surface area contributed by atoms with E-state index < -0.39 is 11.8 Å². The van der Waals surface area contributed by atoms with E-state index >= 15 is 0 Å². The fourth-order valence-electron chi connectivity index (χ4n) is 2.45. The Kier molecular flexibility index (Phi) is 2.14. The van der Waals surface area contributed by atoms with Crippen molar-refractivity contribution in [2.45, 2.75) is 58.6 Å². The molecule has 1 amide bonds. The predicted molar refractivity (Wildman–Crippen MR) is 54.8 cm³/mol. The molecule has 86 valence electrons. The first-order valence-corrected chi connectivity index (χ1v) is 5.42. The minimum atomic E-state index is -0.854. The van der Waals surface area contributed by atoms with E-state index in [1.807, 2.05) is 27.7 Å². The summed E-state index contributed by atoms with van der Waals surface area (Å²) in [4.78, 5) is 13.5. The van der Waals surface area contributed by atoms with Gasteiger partial charge in [0.15, 0.2) is 6.29 Å².